The van der Waals surface area contributed by atoms with Crippen molar-refractivity contribution in [1.29, 1.82) is 0 Å². The average molecular weight is 332 g/mol. The second-order valence-electron chi connectivity index (χ2n) is 6.62. The number of fused-ring (bicyclic) bond motifs is 1. The van der Waals surface area contributed by atoms with Crippen LogP contribution in [0.4, 0.5) is 5.69 Å². The maximum Gasteiger partial charge on any atom is 0.238 e. The number of nitrogens with zero attached hydrogens (tertiary/aromatic N) is 1. The fraction of sp³-hybridized carbons (Fsp3) is 0.632. The Morgan fingerprint density at radius 2 is 1.88 bits per heavy atom. The van der Waals surface area contributed by atoms with Crippen molar-refractivity contribution in [3.63, 3.8) is 0 Å². The average Bonchev–Trinajstić information content (AvgIpc) is 2.85. The van der Waals surface area contributed by atoms with Gasteiger partial charge in [0.2, 0.25) is 5.91 Å². The number of carbonyl (C=O) groups is 1. The van der Waals surface area contributed by atoms with Gasteiger partial charge in [0.15, 0.2) is 11.5 Å². The maximum absolute atomic E-state index is 12.4. The minimum Gasteiger partial charge on any atom is -0.490 e. The van der Waals surface area contributed by atoms with Crippen LogP contribution in [-0.4, -0.2) is 43.2 Å². The molecule has 1 aliphatic carbocycles. The summed E-state index contributed by atoms with van der Waals surface area (Å²) >= 11 is 0. The van der Waals surface area contributed by atoms with Gasteiger partial charge >= 0.3 is 0 Å². The molecule has 5 nitrogen and oxygen atoms in total. The van der Waals surface area contributed by atoms with E-state index in [0.29, 0.717) is 31.5 Å². The standard InChI is InChI=1S/C19H28N2O3/c1-2-21(16-7-4-3-5-8-16)14-19(22)20-15-9-10-17-18(13-15)24-12-6-11-23-17/h9-10,13,16H,2-8,11-12,14H2,1H3,(H,20,22). The summed E-state index contributed by atoms with van der Waals surface area (Å²) in [6, 6.07) is 6.16. The fourth-order valence-electron chi connectivity index (χ4n) is 3.57. The lowest BCUT2D eigenvalue weighted by Crippen LogP contribution is -2.41. The Kier molecular flexibility index (Phi) is 5.96. The Balaban J connectivity index is 1.58. The molecule has 0 aromatic heterocycles. The number of hydrogen-bond acceptors (Lipinski definition) is 4. The van der Waals surface area contributed by atoms with Gasteiger partial charge in [-0.05, 0) is 31.5 Å². The van der Waals surface area contributed by atoms with Gasteiger partial charge in [0.25, 0.3) is 0 Å². The molecule has 1 heterocycles. The number of likely N-dealkylation sites (N-methyl/N-ethyl adjacent to an activating group) is 1. The van der Waals surface area contributed by atoms with E-state index >= 15 is 0 Å². The largest absolute Gasteiger partial charge is 0.490 e. The predicted molar refractivity (Wildman–Crippen MR) is 94.8 cm³/mol. The number of ether oxygens (including phenoxy) is 2. The molecule has 0 saturated heterocycles. The van der Waals surface area contributed by atoms with Crippen molar-refractivity contribution < 1.29 is 14.3 Å². The second-order valence-corrected chi connectivity index (χ2v) is 6.62. The second kappa shape index (κ2) is 8.38. The van der Waals surface area contributed by atoms with E-state index < -0.39 is 0 Å². The van der Waals surface area contributed by atoms with Gasteiger partial charge in [0.1, 0.15) is 0 Å². The number of hydrogen-bond donors (Lipinski definition) is 1. The summed E-state index contributed by atoms with van der Waals surface area (Å²) < 4.78 is 11.3. The zero-order chi connectivity index (χ0) is 16.8. The normalized spacial score (nSPS) is 18.2. The van der Waals surface area contributed by atoms with Gasteiger partial charge in [-0.15, -0.1) is 0 Å². The Labute approximate surface area is 144 Å². The lowest BCUT2D eigenvalue weighted by molar-refractivity contribution is -0.118. The summed E-state index contributed by atoms with van der Waals surface area (Å²) in [5.74, 6) is 1.50. The number of nitrogens with one attached hydrogen (secondary N) is 1. The number of rotatable bonds is 5. The molecule has 0 atom stereocenters. The summed E-state index contributed by atoms with van der Waals surface area (Å²) in [6.07, 6.45) is 7.20. The molecule has 1 N–H and O–H groups in total. The van der Waals surface area contributed by atoms with Crippen molar-refractivity contribution >= 4 is 11.6 Å². The fourth-order valence-corrected chi connectivity index (χ4v) is 3.57. The van der Waals surface area contributed by atoms with E-state index in [-0.39, 0.29) is 5.91 Å². The number of amides is 1. The first kappa shape index (κ1) is 17.1. The Bertz CT molecular complexity index is 556. The van der Waals surface area contributed by atoms with Crippen molar-refractivity contribution in [2.75, 3.05) is 31.6 Å². The monoisotopic (exact) mass is 332 g/mol. The molecular formula is C19H28N2O3. The molecule has 1 aliphatic heterocycles. The van der Waals surface area contributed by atoms with E-state index in [4.69, 9.17) is 9.47 Å². The van der Waals surface area contributed by atoms with Crippen molar-refractivity contribution in [1.82, 2.24) is 4.90 Å². The lowest BCUT2D eigenvalue weighted by Gasteiger charge is -2.32. The number of benzene rings is 1. The highest BCUT2D eigenvalue weighted by Crippen LogP contribution is 2.32. The van der Waals surface area contributed by atoms with E-state index in [1.54, 1.807) is 0 Å². The summed E-state index contributed by atoms with van der Waals surface area (Å²) in [5, 5.41) is 3.00. The molecule has 24 heavy (non-hydrogen) atoms. The Morgan fingerprint density at radius 3 is 2.62 bits per heavy atom. The van der Waals surface area contributed by atoms with Crippen LogP contribution in [0.3, 0.4) is 0 Å². The van der Waals surface area contributed by atoms with E-state index in [1.165, 1.54) is 32.1 Å². The van der Waals surface area contributed by atoms with Gasteiger partial charge in [-0.2, -0.15) is 0 Å². The molecule has 5 heteroatoms. The van der Waals surface area contributed by atoms with Crippen LogP contribution in [0.5, 0.6) is 11.5 Å². The smallest absolute Gasteiger partial charge is 0.238 e. The highest BCUT2D eigenvalue weighted by atomic mass is 16.5. The Hall–Kier alpha value is -1.75. The Morgan fingerprint density at radius 1 is 1.12 bits per heavy atom. The summed E-state index contributed by atoms with van der Waals surface area (Å²) in [6.45, 7) is 4.82. The highest BCUT2D eigenvalue weighted by Gasteiger charge is 2.22. The van der Waals surface area contributed by atoms with E-state index in [9.17, 15) is 4.79 Å². The molecule has 0 spiro atoms. The van der Waals surface area contributed by atoms with Crippen LogP contribution in [0.25, 0.3) is 0 Å². The van der Waals surface area contributed by atoms with Crippen molar-refractivity contribution in [2.45, 2.75) is 51.5 Å². The van der Waals surface area contributed by atoms with Crippen LogP contribution >= 0.6 is 0 Å². The predicted octanol–water partition coefficient (Wildman–Crippen LogP) is 3.44. The van der Waals surface area contributed by atoms with Crippen molar-refractivity contribution in [3.8, 4) is 11.5 Å². The van der Waals surface area contributed by atoms with Gasteiger partial charge in [-0.1, -0.05) is 26.2 Å². The molecule has 1 aromatic carbocycles. The van der Waals surface area contributed by atoms with Crippen molar-refractivity contribution in [3.05, 3.63) is 18.2 Å². The first-order chi connectivity index (χ1) is 11.8. The van der Waals surface area contributed by atoms with Gasteiger partial charge in [-0.25, -0.2) is 0 Å². The molecule has 0 radical (unpaired) electrons. The van der Waals surface area contributed by atoms with Gasteiger partial charge in [0.05, 0.1) is 19.8 Å². The molecule has 3 rings (SSSR count). The zero-order valence-electron chi connectivity index (χ0n) is 14.6. The zero-order valence-corrected chi connectivity index (χ0v) is 14.6. The van der Waals surface area contributed by atoms with Crippen LogP contribution in [0.2, 0.25) is 0 Å². The third-order valence-electron chi connectivity index (χ3n) is 4.88. The van der Waals surface area contributed by atoms with E-state index in [1.807, 2.05) is 18.2 Å². The van der Waals surface area contributed by atoms with Crippen LogP contribution in [0, 0.1) is 0 Å². The van der Waals surface area contributed by atoms with Gasteiger partial charge in [-0.3, -0.25) is 9.69 Å². The molecule has 132 valence electrons. The molecule has 1 saturated carbocycles. The third-order valence-corrected chi connectivity index (χ3v) is 4.88. The van der Waals surface area contributed by atoms with Gasteiger partial charge < -0.3 is 14.8 Å². The van der Waals surface area contributed by atoms with Crippen LogP contribution in [0.1, 0.15) is 45.4 Å². The topological polar surface area (TPSA) is 50.8 Å². The van der Waals surface area contributed by atoms with Crippen molar-refractivity contribution in [2.24, 2.45) is 0 Å². The first-order valence-corrected chi connectivity index (χ1v) is 9.20. The third kappa shape index (κ3) is 4.41. The minimum absolute atomic E-state index is 0.0388. The molecular weight excluding hydrogens is 304 g/mol. The SMILES string of the molecule is CCN(CC(=O)Nc1ccc2c(c1)OCCCO2)C1CCCCC1. The first-order valence-electron chi connectivity index (χ1n) is 9.20. The summed E-state index contributed by atoms with van der Waals surface area (Å²) in [4.78, 5) is 14.7. The van der Waals surface area contributed by atoms with E-state index in [0.717, 1.165) is 24.4 Å². The number of carbonyl (C=O) groups excluding carboxylic acids is 1. The maximum atomic E-state index is 12.4. The lowest BCUT2D eigenvalue weighted by atomic mass is 9.94. The van der Waals surface area contributed by atoms with Crippen LogP contribution in [-0.2, 0) is 4.79 Å². The van der Waals surface area contributed by atoms with Gasteiger partial charge in [0, 0.05) is 24.2 Å². The van der Waals surface area contributed by atoms with Crippen LogP contribution < -0.4 is 14.8 Å². The molecule has 1 aromatic rings. The summed E-state index contributed by atoms with van der Waals surface area (Å²) in [5.41, 5.74) is 0.768. The summed E-state index contributed by atoms with van der Waals surface area (Å²) in [7, 11) is 0. The van der Waals surface area contributed by atoms with E-state index in [2.05, 4.69) is 17.1 Å². The molecule has 1 amide bonds. The highest BCUT2D eigenvalue weighted by molar-refractivity contribution is 5.92. The van der Waals surface area contributed by atoms with Crippen LogP contribution in [0.15, 0.2) is 18.2 Å². The molecule has 2 aliphatic rings. The number of anilines is 1. The quantitative estimate of drug-likeness (QED) is 0.897. The molecule has 0 bridgehead atoms. The molecule has 0 unspecified atom stereocenters. The molecule has 1 fully saturated rings. The minimum atomic E-state index is 0.0388.